The summed E-state index contributed by atoms with van der Waals surface area (Å²) in [5.74, 6) is -6.03. The Morgan fingerprint density at radius 3 is 2.56 bits per heavy atom. The third-order valence-corrected chi connectivity index (χ3v) is 7.47. The molecule has 3 aliphatic carbocycles. The van der Waals surface area contributed by atoms with Gasteiger partial charge in [-0.05, 0) is 61.1 Å². The van der Waals surface area contributed by atoms with Crippen LogP contribution in [0.4, 0.5) is 0 Å². The van der Waals surface area contributed by atoms with Crippen molar-refractivity contribution in [2.45, 2.75) is 57.5 Å². The van der Waals surface area contributed by atoms with Gasteiger partial charge in [-0.2, -0.15) is 0 Å². The summed E-state index contributed by atoms with van der Waals surface area (Å²) >= 11 is 0. The number of rotatable bonds is 6. The predicted molar refractivity (Wildman–Crippen MR) is 124 cm³/mol. The highest BCUT2D eigenvalue weighted by Gasteiger charge is 2.60. The number of aliphatic hydroxyl groups excluding tert-OH is 2. The first-order valence-electron chi connectivity index (χ1n) is 11.5. The third kappa shape index (κ3) is 3.27. The number of benzene rings is 1. The molecule has 6 N–H and O–H groups in total. The molecule has 3 aliphatic rings. The minimum atomic E-state index is -2.54. The van der Waals surface area contributed by atoms with Crippen molar-refractivity contribution in [3.8, 4) is 5.75 Å². The van der Waals surface area contributed by atoms with E-state index < -0.39 is 52.0 Å². The Morgan fingerprint density at radius 2 is 1.94 bits per heavy atom. The number of ketones is 2. The number of phenolic OH excluding ortho intramolecular Hbond substituents is 1. The van der Waals surface area contributed by atoms with Gasteiger partial charge >= 0.3 is 0 Å². The minimum Gasteiger partial charge on any atom is -0.508 e. The van der Waals surface area contributed by atoms with Crippen LogP contribution < -0.4 is 5.73 Å². The molecule has 1 aromatic carbocycles. The quantitative estimate of drug-likeness (QED) is 0.244. The average Bonchev–Trinajstić information content (AvgIpc) is 2.77. The SMILES string of the molecule is C=CCCCc1cc(CC)c2c(c1O)C(O)=C1C(=O)[C@]3(O)C(O)=C(C(N)=O)C(=O)C[C@@H]3C[C@@H]1C2. The van der Waals surface area contributed by atoms with Crippen molar-refractivity contribution in [1.29, 1.82) is 0 Å². The van der Waals surface area contributed by atoms with Crippen LogP contribution in [0, 0.1) is 11.8 Å². The van der Waals surface area contributed by atoms with Gasteiger partial charge < -0.3 is 26.2 Å². The lowest BCUT2D eigenvalue weighted by atomic mass is 9.59. The fourth-order valence-corrected chi connectivity index (χ4v) is 5.77. The van der Waals surface area contributed by atoms with E-state index in [1.165, 1.54) is 0 Å². The standard InChI is InChI=1S/C26H29NO7/c1-3-5-6-7-13-8-12(4-2)16-10-14-9-15-11-17(28)20(25(27)33)24(32)26(15,34)23(31)18(14)22(30)19(16)21(13)29/h3,8,14-15,29-30,32,34H,1,4-7,9-11H2,2H3,(H2,27,33)/t14-,15+,26+/m1/s1. The zero-order valence-electron chi connectivity index (χ0n) is 19.1. The van der Waals surface area contributed by atoms with Crippen LogP contribution in [0.3, 0.4) is 0 Å². The van der Waals surface area contributed by atoms with Crippen molar-refractivity contribution in [2.75, 3.05) is 0 Å². The highest BCUT2D eigenvalue weighted by molar-refractivity contribution is 6.22. The fraction of sp³-hybridized carbons (Fsp3) is 0.423. The molecule has 180 valence electrons. The maximum atomic E-state index is 13.6. The molecule has 0 aromatic heterocycles. The topological polar surface area (TPSA) is 158 Å². The number of aliphatic hydroxyl groups is 3. The molecule has 0 bridgehead atoms. The van der Waals surface area contributed by atoms with Crippen LogP contribution in [0.25, 0.3) is 5.76 Å². The van der Waals surface area contributed by atoms with Crippen LogP contribution in [-0.4, -0.2) is 43.5 Å². The molecule has 8 heteroatoms. The van der Waals surface area contributed by atoms with Crippen LogP contribution in [-0.2, 0) is 33.6 Å². The highest BCUT2D eigenvalue weighted by atomic mass is 16.3. The largest absolute Gasteiger partial charge is 0.508 e. The summed E-state index contributed by atoms with van der Waals surface area (Å²) in [5, 5.41) is 44.2. The van der Waals surface area contributed by atoms with Crippen molar-refractivity contribution in [1.82, 2.24) is 0 Å². The van der Waals surface area contributed by atoms with Crippen LogP contribution in [0.1, 0.15) is 54.9 Å². The molecule has 1 saturated carbocycles. The highest BCUT2D eigenvalue weighted by Crippen LogP contribution is 2.52. The number of hydrogen-bond donors (Lipinski definition) is 5. The van der Waals surface area contributed by atoms with Crippen LogP contribution >= 0.6 is 0 Å². The smallest absolute Gasteiger partial charge is 0.255 e. The summed E-state index contributed by atoms with van der Waals surface area (Å²) in [6.45, 7) is 5.67. The lowest BCUT2D eigenvalue weighted by Gasteiger charge is -2.46. The van der Waals surface area contributed by atoms with E-state index in [2.05, 4.69) is 6.58 Å². The van der Waals surface area contributed by atoms with E-state index in [0.717, 1.165) is 24.0 Å². The molecule has 0 spiro atoms. The average molecular weight is 468 g/mol. The van der Waals surface area contributed by atoms with Crippen molar-refractivity contribution in [3.05, 3.63) is 57.9 Å². The number of unbranched alkanes of at least 4 members (excludes halogenated alkanes) is 1. The van der Waals surface area contributed by atoms with Crippen molar-refractivity contribution in [2.24, 2.45) is 17.6 Å². The second kappa shape index (κ2) is 8.43. The summed E-state index contributed by atoms with van der Waals surface area (Å²) in [7, 11) is 0. The zero-order valence-corrected chi connectivity index (χ0v) is 19.1. The monoisotopic (exact) mass is 467 g/mol. The number of aryl methyl sites for hydroxylation is 2. The van der Waals surface area contributed by atoms with E-state index in [1.807, 2.05) is 13.0 Å². The summed E-state index contributed by atoms with van der Waals surface area (Å²) in [6.07, 6.45) is 4.64. The van der Waals surface area contributed by atoms with Gasteiger partial charge in [0.2, 0.25) is 5.78 Å². The molecular formula is C26H29NO7. The van der Waals surface area contributed by atoms with E-state index in [9.17, 15) is 34.8 Å². The molecule has 0 unspecified atom stereocenters. The Hall–Kier alpha value is -3.39. The molecule has 1 amide bonds. The van der Waals surface area contributed by atoms with Crippen LogP contribution in [0.5, 0.6) is 5.75 Å². The number of carbonyl (C=O) groups is 3. The minimum absolute atomic E-state index is 0.113. The van der Waals surface area contributed by atoms with Crippen molar-refractivity contribution >= 4 is 23.2 Å². The molecule has 8 nitrogen and oxygen atoms in total. The summed E-state index contributed by atoms with van der Waals surface area (Å²) in [6, 6.07) is 1.92. The maximum absolute atomic E-state index is 13.6. The molecule has 0 radical (unpaired) electrons. The lowest BCUT2D eigenvalue weighted by Crippen LogP contribution is -2.58. The number of fused-ring (bicyclic) bond motifs is 3. The first-order chi connectivity index (χ1) is 16.1. The molecule has 34 heavy (non-hydrogen) atoms. The van der Waals surface area contributed by atoms with Crippen LogP contribution in [0.15, 0.2) is 35.6 Å². The zero-order chi connectivity index (χ0) is 24.9. The van der Waals surface area contributed by atoms with Gasteiger partial charge in [0.1, 0.15) is 22.8 Å². The third-order valence-electron chi connectivity index (χ3n) is 7.47. The molecule has 0 heterocycles. The first-order valence-corrected chi connectivity index (χ1v) is 11.5. The van der Waals surface area contributed by atoms with Gasteiger partial charge in [0, 0.05) is 17.9 Å². The predicted octanol–water partition coefficient (Wildman–Crippen LogP) is 2.50. The molecule has 1 aromatic rings. The van der Waals surface area contributed by atoms with E-state index in [4.69, 9.17) is 5.73 Å². The Kier molecular flexibility index (Phi) is 5.89. The van der Waals surface area contributed by atoms with Crippen molar-refractivity contribution in [3.63, 3.8) is 0 Å². The summed E-state index contributed by atoms with van der Waals surface area (Å²) in [5.41, 5.74) is 4.26. The van der Waals surface area contributed by atoms with E-state index >= 15 is 0 Å². The van der Waals surface area contributed by atoms with E-state index in [1.54, 1.807) is 6.08 Å². The summed E-state index contributed by atoms with van der Waals surface area (Å²) in [4.78, 5) is 37.7. The van der Waals surface area contributed by atoms with Gasteiger partial charge in [0.05, 0.1) is 5.56 Å². The van der Waals surface area contributed by atoms with Gasteiger partial charge in [0.15, 0.2) is 11.4 Å². The van der Waals surface area contributed by atoms with Gasteiger partial charge in [0.25, 0.3) is 5.91 Å². The Balaban J connectivity index is 1.89. The first kappa shape index (κ1) is 23.8. The lowest BCUT2D eigenvalue weighted by molar-refractivity contribution is -0.147. The van der Waals surface area contributed by atoms with E-state index in [0.29, 0.717) is 24.8 Å². The molecule has 0 saturated heterocycles. The van der Waals surface area contributed by atoms with Crippen LogP contribution in [0.2, 0.25) is 0 Å². The number of phenols is 1. The fourth-order valence-electron chi connectivity index (χ4n) is 5.77. The molecule has 1 fully saturated rings. The number of primary amides is 1. The summed E-state index contributed by atoms with van der Waals surface area (Å²) < 4.78 is 0. The number of allylic oxidation sites excluding steroid dienone is 1. The molecular weight excluding hydrogens is 438 g/mol. The number of amides is 1. The Labute approximate surface area is 197 Å². The second-order valence-electron chi connectivity index (χ2n) is 9.34. The molecule has 3 atom stereocenters. The van der Waals surface area contributed by atoms with Gasteiger partial charge in [-0.15, -0.1) is 6.58 Å². The van der Waals surface area contributed by atoms with Gasteiger partial charge in [-0.25, -0.2) is 0 Å². The van der Waals surface area contributed by atoms with Gasteiger partial charge in [-0.3, -0.25) is 14.4 Å². The number of Topliss-reactive ketones (excluding diaryl/α,β-unsaturated/α-hetero) is 2. The van der Waals surface area contributed by atoms with Crippen molar-refractivity contribution < 1.29 is 34.8 Å². The molecule has 0 aliphatic heterocycles. The second-order valence-corrected chi connectivity index (χ2v) is 9.34. The van der Waals surface area contributed by atoms with E-state index in [-0.39, 0.29) is 29.7 Å². The number of carbonyl (C=O) groups excluding carboxylic acids is 3. The van der Waals surface area contributed by atoms with Gasteiger partial charge in [-0.1, -0.05) is 19.1 Å². The molecule has 4 rings (SSSR count). The Bertz CT molecular complexity index is 1190. The number of nitrogens with two attached hydrogens (primary N) is 1. The number of hydrogen-bond acceptors (Lipinski definition) is 7. The number of aromatic hydroxyl groups is 1. The maximum Gasteiger partial charge on any atom is 0.255 e. The normalized spacial score (nSPS) is 26.2. The Morgan fingerprint density at radius 1 is 1.24 bits per heavy atom.